The summed E-state index contributed by atoms with van der Waals surface area (Å²) in [4.78, 5) is 3.37. The number of benzene rings is 2. The van der Waals surface area contributed by atoms with E-state index in [2.05, 4.69) is 17.0 Å². The van der Waals surface area contributed by atoms with Crippen LogP contribution in [-0.2, 0) is 6.42 Å². The zero-order valence-corrected chi connectivity index (χ0v) is 8.35. The molecule has 0 atom stereocenters. The third-order valence-electron chi connectivity index (χ3n) is 2.32. The van der Waals surface area contributed by atoms with Gasteiger partial charge in [0.25, 0.3) is 0 Å². The van der Waals surface area contributed by atoms with Gasteiger partial charge in [0, 0.05) is 0 Å². The Bertz CT molecular complexity index is 463. The first-order valence-electron chi connectivity index (χ1n) is 4.89. The molecule has 0 spiro atoms. The third kappa shape index (κ3) is 2.45. The van der Waals surface area contributed by atoms with Crippen molar-refractivity contribution in [3.05, 3.63) is 77.1 Å². The van der Waals surface area contributed by atoms with Crippen LogP contribution < -0.4 is 0 Å². The monoisotopic (exact) mass is 193 g/mol. The third-order valence-corrected chi connectivity index (χ3v) is 2.32. The largest absolute Gasteiger partial charge is 0.238 e. The van der Waals surface area contributed by atoms with E-state index in [9.17, 15) is 0 Å². The van der Waals surface area contributed by atoms with Crippen molar-refractivity contribution in [2.24, 2.45) is 0 Å². The van der Waals surface area contributed by atoms with Gasteiger partial charge in [-0.2, -0.15) is 0 Å². The summed E-state index contributed by atoms with van der Waals surface area (Å²) in [6, 6.07) is 18.1. The minimum absolute atomic E-state index is 0.701. The van der Waals surface area contributed by atoms with Gasteiger partial charge in [0.1, 0.15) is 0 Å². The van der Waals surface area contributed by atoms with Crippen LogP contribution in [0, 0.1) is 6.57 Å². The molecular formula is C14H11N. The Kier molecular flexibility index (Phi) is 2.80. The van der Waals surface area contributed by atoms with Gasteiger partial charge in [0.15, 0.2) is 5.69 Å². The van der Waals surface area contributed by atoms with Crippen LogP contribution in [0.5, 0.6) is 0 Å². The summed E-state index contributed by atoms with van der Waals surface area (Å²) in [6.45, 7) is 6.86. The molecule has 2 aromatic carbocycles. The average molecular weight is 193 g/mol. The van der Waals surface area contributed by atoms with Gasteiger partial charge in [-0.25, -0.2) is 4.85 Å². The summed E-state index contributed by atoms with van der Waals surface area (Å²) in [7, 11) is 0. The van der Waals surface area contributed by atoms with Gasteiger partial charge in [-0.3, -0.25) is 0 Å². The molecule has 0 amide bonds. The van der Waals surface area contributed by atoms with Gasteiger partial charge in [-0.15, -0.1) is 0 Å². The lowest BCUT2D eigenvalue weighted by Gasteiger charge is -2.01. The molecule has 2 aromatic rings. The molecule has 72 valence electrons. The highest BCUT2D eigenvalue weighted by Crippen LogP contribution is 2.15. The highest BCUT2D eigenvalue weighted by molar-refractivity contribution is 5.46. The van der Waals surface area contributed by atoms with Gasteiger partial charge in [-0.05, 0) is 17.5 Å². The van der Waals surface area contributed by atoms with E-state index in [4.69, 9.17) is 6.57 Å². The van der Waals surface area contributed by atoms with Crippen LogP contribution in [0.1, 0.15) is 11.1 Å². The van der Waals surface area contributed by atoms with Gasteiger partial charge < -0.3 is 0 Å². The molecule has 15 heavy (non-hydrogen) atoms. The molecule has 0 aliphatic heterocycles. The zero-order chi connectivity index (χ0) is 10.5. The molecule has 0 bridgehead atoms. The van der Waals surface area contributed by atoms with Crippen LogP contribution in [0.2, 0.25) is 0 Å². The fourth-order valence-electron chi connectivity index (χ4n) is 1.52. The van der Waals surface area contributed by atoms with Crippen LogP contribution in [0.15, 0.2) is 54.6 Å². The summed E-state index contributed by atoms with van der Waals surface area (Å²) in [5.74, 6) is 0. The normalized spacial score (nSPS) is 9.53. The maximum atomic E-state index is 6.86. The maximum Gasteiger partial charge on any atom is 0.187 e. The molecule has 1 nitrogen and oxygen atoms in total. The molecule has 0 unspecified atom stereocenters. The molecule has 1 heteroatoms. The topological polar surface area (TPSA) is 4.36 Å². The van der Waals surface area contributed by atoms with Crippen molar-refractivity contribution < 1.29 is 0 Å². The van der Waals surface area contributed by atoms with Gasteiger partial charge in [-0.1, -0.05) is 54.6 Å². The summed E-state index contributed by atoms with van der Waals surface area (Å²) in [5, 5.41) is 0. The summed E-state index contributed by atoms with van der Waals surface area (Å²) in [5.41, 5.74) is 3.24. The van der Waals surface area contributed by atoms with Crippen LogP contribution in [0.3, 0.4) is 0 Å². The van der Waals surface area contributed by atoms with E-state index in [-0.39, 0.29) is 0 Å². The van der Waals surface area contributed by atoms with Gasteiger partial charge in [0.05, 0.1) is 6.57 Å². The van der Waals surface area contributed by atoms with Crippen molar-refractivity contribution in [2.75, 3.05) is 0 Å². The highest BCUT2D eigenvalue weighted by Gasteiger charge is 1.95. The van der Waals surface area contributed by atoms with Crippen LogP contribution in [-0.4, -0.2) is 0 Å². The Labute approximate surface area is 89.8 Å². The molecule has 0 aliphatic rings. The van der Waals surface area contributed by atoms with E-state index < -0.39 is 0 Å². The predicted octanol–water partition coefficient (Wildman–Crippen LogP) is 3.83. The van der Waals surface area contributed by atoms with E-state index in [0.717, 1.165) is 6.42 Å². The van der Waals surface area contributed by atoms with E-state index >= 15 is 0 Å². The Hall–Kier alpha value is -2.07. The molecule has 0 aliphatic carbocycles. The second-order valence-electron chi connectivity index (χ2n) is 3.44. The molecule has 0 saturated heterocycles. The fraction of sp³-hybridized carbons (Fsp3) is 0.0714. The van der Waals surface area contributed by atoms with Crippen molar-refractivity contribution >= 4 is 5.69 Å². The Balaban J connectivity index is 2.16. The number of rotatable bonds is 2. The first-order valence-corrected chi connectivity index (χ1v) is 4.89. The molecule has 0 N–H and O–H groups in total. The Morgan fingerprint density at radius 3 is 2.00 bits per heavy atom. The van der Waals surface area contributed by atoms with E-state index in [0.29, 0.717) is 5.69 Å². The van der Waals surface area contributed by atoms with Crippen molar-refractivity contribution in [3.63, 3.8) is 0 Å². The standard InChI is InChI=1S/C14H11N/c1-15-14-9-7-13(8-10-14)11-12-5-3-2-4-6-12/h2-10H,11H2. The zero-order valence-electron chi connectivity index (χ0n) is 8.35. The lowest BCUT2D eigenvalue weighted by atomic mass is 10.1. The minimum Gasteiger partial charge on any atom is -0.238 e. The predicted molar refractivity (Wildman–Crippen MR) is 62.0 cm³/mol. The molecule has 0 heterocycles. The molecule has 0 fully saturated rings. The second kappa shape index (κ2) is 4.43. The molecule has 2 rings (SSSR count). The van der Waals surface area contributed by atoms with Crippen molar-refractivity contribution in [1.29, 1.82) is 0 Å². The quantitative estimate of drug-likeness (QED) is 0.638. The SMILES string of the molecule is [C-]#[N+]c1ccc(Cc2ccccc2)cc1. The molecular weight excluding hydrogens is 182 g/mol. The molecule has 0 radical (unpaired) electrons. The smallest absolute Gasteiger partial charge is 0.187 e. The van der Waals surface area contributed by atoms with E-state index in [1.165, 1.54) is 11.1 Å². The van der Waals surface area contributed by atoms with E-state index in [1.807, 2.05) is 42.5 Å². The number of hydrogen-bond donors (Lipinski definition) is 0. The van der Waals surface area contributed by atoms with Crippen LogP contribution in [0.4, 0.5) is 5.69 Å². The minimum atomic E-state index is 0.701. The summed E-state index contributed by atoms with van der Waals surface area (Å²) in [6.07, 6.45) is 0.930. The van der Waals surface area contributed by atoms with Crippen molar-refractivity contribution in [1.82, 2.24) is 0 Å². The first kappa shape index (κ1) is 9.48. The van der Waals surface area contributed by atoms with Crippen LogP contribution >= 0.6 is 0 Å². The summed E-state index contributed by atoms with van der Waals surface area (Å²) >= 11 is 0. The molecule has 0 saturated carbocycles. The fourth-order valence-corrected chi connectivity index (χ4v) is 1.52. The van der Waals surface area contributed by atoms with Gasteiger partial charge >= 0.3 is 0 Å². The van der Waals surface area contributed by atoms with Gasteiger partial charge in [0.2, 0.25) is 0 Å². The number of nitrogens with zero attached hydrogens (tertiary/aromatic N) is 1. The lowest BCUT2D eigenvalue weighted by Crippen LogP contribution is -1.86. The summed E-state index contributed by atoms with van der Waals surface area (Å²) < 4.78 is 0. The first-order chi connectivity index (χ1) is 7.38. The van der Waals surface area contributed by atoms with E-state index in [1.54, 1.807) is 0 Å². The highest BCUT2D eigenvalue weighted by atomic mass is 14.6. The van der Waals surface area contributed by atoms with Crippen molar-refractivity contribution in [3.8, 4) is 0 Å². The lowest BCUT2D eigenvalue weighted by molar-refractivity contribution is 1.19. The average Bonchev–Trinajstić information content (AvgIpc) is 2.31. The molecule has 0 aromatic heterocycles. The van der Waals surface area contributed by atoms with Crippen molar-refractivity contribution in [2.45, 2.75) is 6.42 Å². The number of hydrogen-bond acceptors (Lipinski definition) is 0. The maximum absolute atomic E-state index is 6.86. The van der Waals surface area contributed by atoms with Crippen LogP contribution in [0.25, 0.3) is 4.85 Å². The Morgan fingerprint density at radius 1 is 0.800 bits per heavy atom. The second-order valence-corrected chi connectivity index (χ2v) is 3.44. The Morgan fingerprint density at radius 2 is 1.40 bits per heavy atom.